The van der Waals surface area contributed by atoms with Gasteiger partial charge >= 0.3 is 0 Å². The Kier molecular flexibility index (Phi) is 4.73. The Hall–Kier alpha value is -0.750. The Labute approximate surface area is 126 Å². The first-order valence-corrected chi connectivity index (χ1v) is 7.33. The van der Waals surface area contributed by atoms with Crippen LogP contribution in [0, 0.1) is 0 Å². The van der Waals surface area contributed by atoms with Gasteiger partial charge in [-0.15, -0.1) is 0 Å². The van der Waals surface area contributed by atoms with Gasteiger partial charge in [-0.05, 0) is 19.1 Å². The first-order chi connectivity index (χ1) is 8.99. The number of amidine groups is 1. The molecular weight excluding hydrogens is 305 g/mol. The zero-order chi connectivity index (χ0) is 14.0. The SMILES string of the molecule is CC1=CC(O)N(C)C(SCc2c(Cl)ccnc2Cl)=N1. The number of halogens is 2. The Morgan fingerprint density at radius 2 is 2.21 bits per heavy atom. The van der Waals surface area contributed by atoms with Gasteiger partial charge < -0.3 is 10.0 Å². The summed E-state index contributed by atoms with van der Waals surface area (Å²) in [5.41, 5.74) is 1.56. The average Bonchev–Trinajstić information content (AvgIpc) is 2.34. The number of hydrogen-bond acceptors (Lipinski definition) is 5. The highest BCUT2D eigenvalue weighted by molar-refractivity contribution is 8.13. The highest BCUT2D eigenvalue weighted by atomic mass is 35.5. The molecule has 0 aliphatic carbocycles. The minimum absolute atomic E-state index is 0.395. The van der Waals surface area contributed by atoms with Crippen molar-refractivity contribution < 1.29 is 5.11 Å². The number of nitrogens with zero attached hydrogens (tertiary/aromatic N) is 3. The fraction of sp³-hybridized carbons (Fsp3) is 0.333. The minimum atomic E-state index is -0.653. The van der Waals surface area contributed by atoms with E-state index in [9.17, 15) is 5.11 Å². The molecule has 0 aromatic carbocycles. The number of aromatic nitrogens is 1. The molecule has 2 rings (SSSR count). The van der Waals surface area contributed by atoms with E-state index in [4.69, 9.17) is 23.2 Å². The van der Waals surface area contributed by atoms with Crippen molar-refractivity contribution in [3.05, 3.63) is 39.8 Å². The van der Waals surface area contributed by atoms with Crippen molar-refractivity contribution in [2.24, 2.45) is 4.99 Å². The van der Waals surface area contributed by atoms with E-state index < -0.39 is 6.23 Å². The van der Waals surface area contributed by atoms with Gasteiger partial charge in [-0.3, -0.25) is 0 Å². The molecule has 0 spiro atoms. The predicted molar refractivity (Wildman–Crippen MR) is 80.5 cm³/mol. The number of aliphatic hydroxyl groups is 1. The van der Waals surface area contributed by atoms with Gasteiger partial charge in [-0.2, -0.15) is 0 Å². The van der Waals surface area contributed by atoms with Crippen LogP contribution < -0.4 is 0 Å². The first kappa shape index (κ1) is 14.7. The Morgan fingerprint density at radius 3 is 2.89 bits per heavy atom. The zero-order valence-electron chi connectivity index (χ0n) is 10.5. The van der Waals surface area contributed by atoms with Crippen molar-refractivity contribution in [2.45, 2.75) is 18.9 Å². The van der Waals surface area contributed by atoms with Crippen molar-refractivity contribution >= 4 is 40.1 Å². The average molecular weight is 318 g/mol. The summed E-state index contributed by atoms with van der Waals surface area (Å²) in [5, 5.41) is 11.5. The van der Waals surface area contributed by atoms with E-state index in [1.807, 2.05) is 6.92 Å². The molecule has 0 fully saturated rings. The highest BCUT2D eigenvalue weighted by Gasteiger charge is 2.19. The summed E-state index contributed by atoms with van der Waals surface area (Å²) < 4.78 is 0. The number of hydrogen-bond donors (Lipinski definition) is 1. The van der Waals surface area contributed by atoms with E-state index in [2.05, 4.69) is 9.98 Å². The lowest BCUT2D eigenvalue weighted by atomic mass is 10.3. The molecule has 102 valence electrons. The van der Waals surface area contributed by atoms with Gasteiger partial charge in [0.25, 0.3) is 0 Å². The number of rotatable bonds is 2. The smallest absolute Gasteiger partial charge is 0.166 e. The van der Waals surface area contributed by atoms with E-state index in [-0.39, 0.29) is 0 Å². The third-order valence-corrected chi connectivity index (χ3v) is 4.40. The van der Waals surface area contributed by atoms with E-state index in [1.165, 1.54) is 11.8 Å². The predicted octanol–water partition coefficient (Wildman–Crippen LogP) is 3.15. The Bertz CT molecular complexity index is 528. The second-order valence-electron chi connectivity index (χ2n) is 4.08. The van der Waals surface area contributed by atoms with Crippen molar-refractivity contribution in [3.8, 4) is 0 Å². The summed E-state index contributed by atoms with van der Waals surface area (Å²) in [6, 6.07) is 1.70. The van der Waals surface area contributed by atoms with Crippen LogP contribution in [0.5, 0.6) is 0 Å². The van der Waals surface area contributed by atoms with Crippen LogP contribution in [-0.4, -0.2) is 33.4 Å². The molecule has 1 unspecified atom stereocenters. The molecule has 4 nitrogen and oxygen atoms in total. The first-order valence-electron chi connectivity index (χ1n) is 5.58. The van der Waals surface area contributed by atoms with Gasteiger partial charge in [0.1, 0.15) is 11.4 Å². The highest BCUT2D eigenvalue weighted by Crippen LogP contribution is 2.29. The van der Waals surface area contributed by atoms with Crippen molar-refractivity contribution in [2.75, 3.05) is 7.05 Å². The molecule has 0 radical (unpaired) electrons. The molecule has 1 aromatic heterocycles. The number of pyridine rings is 1. The molecule has 0 saturated heterocycles. The molecule has 1 aromatic rings. The van der Waals surface area contributed by atoms with Crippen LogP contribution in [0.15, 0.2) is 29.0 Å². The lowest BCUT2D eigenvalue weighted by molar-refractivity contribution is 0.114. The van der Waals surface area contributed by atoms with E-state index in [0.29, 0.717) is 15.9 Å². The third kappa shape index (κ3) is 3.42. The minimum Gasteiger partial charge on any atom is -0.370 e. The van der Waals surface area contributed by atoms with Crippen LogP contribution in [0.2, 0.25) is 10.2 Å². The number of allylic oxidation sites excluding steroid dienone is 1. The van der Waals surface area contributed by atoms with Gasteiger partial charge in [0, 0.05) is 35.3 Å². The van der Waals surface area contributed by atoms with Crippen LogP contribution >= 0.6 is 35.0 Å². The maximum absolute atomic E-state index is 9.82. The molecule has 1 aliphatic heterocycles. The lowest BCUT2D eigenvalue weighted by Crippen LogP contribution is -2.36. The van der Waals surface area contributed by atoms with E-state index >= 15 is 0 Å². The van der Waals surface area contributed by atoms with Gasteiger partial charge in [0.15, 0.2) is 5.17 Å². The van der Waals surface area contributed by atoms with E-state index in [0.717, 1.165) is 16.4 Å². The zero-order valence-corrected chi connectivity index (χ0v) is 12.8. The molecule has 1 N–H and O–H groups in total. The van der Waals surface area contributed by atoms with Crippen LogP contribution in [0.25, 0.3) is 0 Å². The van der Waals surface area contributed by atoms with Gasteiger partial charge in [0.05, 0.1) is 0 Å². The molecule has 1 atom stereocenters. The van der Waals surface area contributed by atoms with E-state index in [1.54, 1.807) is 30.3 Å². The lowest BCUT2D eigenvalue weighted by Gasteiger charge is -2.27. The summed E-state index contributed by atoms with van der Waals surface area (Å²) in [5.74, 6) is 0.550. The summed E-state index contributed by atoms with van der Waals surface area (Å²) in [4.78, 5) is 10.1. The monoisotopic (exact) mass is 317 g/mol. The van der Waals surface area contributed by atoms with Gasteiger partial charge in [-0.1, -0.05) is 35.0 Å². The fourth-order valence-corrected chi connectivity index (χ4v) is 3.28. The maximum Gasteiger partial charge on any atom is 0.166 e. The number of thioether (sulfide) groups is 1. The molecular formula is C12H13Cl2N3OS. The fourth-order valence-electron chi connectivity index (χ4n) is 1.55. The summed E-state index contributed by atoms with van der Waals surface area (Å²) in [7, 11) is 1.78. The molecule has 19 heavy (non-hydrogen) atoms. The second kappa shape index (κ2) is 6.13. The number of likely N-dealkylation sites (N-methyl/N-ethyl adjacent to an activating group) is 1. The van der Waals surface area contributed by atoms with Crippen molar-refractivity contribution in [1.82, 2.24) is 9.88 Å². The molecule has 2 heterocycles. The van der Waals surface area contributed by atoms with Crippen LogP contribution in [-0.2, 0) is 5.75 Å². The Balaban J connectivity index is 2.13. The van der Waals surface area contributed by atoms with Gasteiger partial charge in [-0.25, -0.2) is 9.98 Å². The second-order valence-corrected chi connectivity index (χ2v) is 5.79. The van der Waals surface area contributed by atoms with Crippen LogP contribution in [0.4, 0.5) is 0 Å². The molecule has 0 saturated carbocycles. The molecule has 7 heteroatoms. The topological polar surface area (TPSA) is 48.7 Å². The normalized spacial score (nSPS) is 19.2. The van der Waals surface area contributed by atoms with Crippen molar-refractivity contribution in [1.29, 1.82) is 0 Å². The third-order valence-electron chi connectivity index (χ3n) is 2.65. The van der Waals surface area contributed by atoms with Gasteiger partial charge in [0.2, 0.25) is 0 Å². The van der Waals surface area contributed by atoms with Crippen LogP contribution in [0.3, 0.4) is 0 Å². The summed E-state index contributed by atoms with van der Waals surface area (Å²) in [6.07, 6.45) is 2.60. The standard InChI is InChI=1S/C12H13Cl2N3OS/c1-7-5-10(18)17(2)12(16-7)19-6-8-9(13)3-4-15-11(8)14/h3-5,10,18H,6H2,1-2H3. The number of aliphatic hydroxyl groups excluding tert-OH is 1. The van der Waals surface area contributed by atoms with Crippen LogP contribution in [0.1, 0.15) is 12.5 Å². The maximum atomic E-state index is 9.82. The number of aliphatic imine (C=N–C) groups is 1. The molecule has 0 amide bonds. The molecule has 1 aliphatic rings. The summed E-state index contributed by atoms with van der Waals surface area (Å²) >= 11 is 13.6. The van der Waals surface area contributed by atoms with Crippen molar-refractivity contribution in [3.63, 3.8) is 0 Å². The Morgan fingerprint density at radius 1 is 1.47 bits per heavy atom. The summed E-state index contributed by atoms with van der Waals surface area (Å²) in [6.45, 7) is 1.85. The quantitative estimate of drug-likeness (QED) is 0.851. The largest absolute Gasteiger partial charge is 0.370 e. The molecule has 0 bridgehead atoms.